The highest BCUT2D eigenvalue weighted by atomic mass is 15.0. The number of anilines is 1. The molecule has 16 heavy (non-hydrogen) atoms. The normalized spacial score (nSPS) is 16.5. The van der Waals surface area contributed by atoms with Crippen LogP contribution in [0.3, 0.4) is 0 Å². The lowest BCUT2D eigenvalue weighted by Gasteiger charge is -2.17. The van der Waals surface area contributed by atoms with Crippen molar-refractivity contribution in [2.24, 2.45) is 5.92 Å². The molecule has 4 heteroatoms. The Labute approximate surface area is 95.7 Å². The lowest BCUT2D eigenvalue weighted by molar-refractivity contribution is 0.584. The van der Waals surface area contributed by atoms with E-state index in [9.17, 15) is 0 Å². The van der Waals surface area contributed by atoms with Gasteiger partial charge in [-0.05, 0) is 18.8 Å². The van der Waals surface area contributed by atoms with Crippen molar-refractivity contribution in [2.75, 3.05) is 5.32 Å². The predicted molar refractivity (Wildman–Crippen MR) is 61.8 cm³/mol. The van der Waals surface area contributed by atoms with E-state index in [0.717, 1.165) is 12.3 Å². The van der Waals surface area contributed by atoms with E-state index >= 15 is 0 Å². The van der Waals surface area contributed by atoms with Crippen LogP contribution in [0.15, 0.2) is 12.4 Å². The second-order valence-electron chi connectivity index (χ2n) is 4.29. The van der Waals surface area contributed by atoms with Gasteiger partial charge in [0.2, 0.25) is 0 Å². The zero-order valence-electron chi connectivity index (χ0n) is 9.48. The van der Waals surface area contributed by atoms with E-state index in [1.54, 1.807) is 12.4 Å². The Kier molecular flexibility index (Phi) is 3.35. The molecule has 1 aromatic rings. The second kappa shape index (κ2) is 4.93. The zero-order chi connectivity index (χ0) is 11.4. The number of nitriles is 1. The first-order valence-corrected chi connectivity index (χ1v) is 5.81. The van der Waals surface area contributed by atoms with Gasteiger partial charge in [-0.1, -0.05) is 19.8 Å². The van der Waals surface area contributed by atoms with E-state index < -0.39 is 0 Å². The van der Waals surface area contributed by atoms with Crippen LogP contribution in [0.5, 0.6) is 0 Å². The molecule has 0 spiro atoms. The second-order valence-corrected chi connectivity index (χ2v) is 4.29. The molecular weight excluding hydrogens is 200 g/mol. The average Bonchev–Trinajstić information content (AvgIpc) is 3.13. The quantitative estimate of drug-likeness (QED) is 0.820. The maximum Gasteiger partial charge on any atom is 0.182 e. The van der Waals surface area contributed by atoms with Crippen molar-refractivity contribution >= 4 is 5.82 Å². The molecule has 0 aromatic carbocycles. The van der Waals surface area contributed by atoms with Crippen LogP contribution in [-0.4, -0.2) is 16.0 Å². The molecular formula is C12H16N4. The van der Waals surface area contributed by atoms with E-state index in [1.807, 2.05) is 0 Å². The molecule has 1 aromatic heterocycles. The number of aromatic nitrogens is 2. The van der Waals surface area contributed by atoms with Gasteiger partial charge in [-0.15, -0.1) is 0 Å². The molecule has 1 aliphatic carbocycles. The highest BCUT2D eigenvalue weighted by Gasteiger charge is 2.25. The summed E-state index contributed by atoms with van der Waals surface area (Å²) in [5.41, 5.74) is 0.386. The van der Waals surface area contributed by atoms with Crippen molar-refractivity contribution in [3.8, 4) is 6.07 Å². The van der Waals surface area contributed by atoms with Crippen molar-refractivity contribution in [1.82, 2.24) is 9.97 Å². The summed E-state index contributed by atoms with van der Waals surface area (Å²) in [5, 5.41) is 12.2. The summed E-state index contributed by atoms with van der Waals surface area (Å²) in [6, 6.07) is 2.47. The van der Waals surface area contributed by atoms with E-state index in [0.29, 0.717) is 17.6 Å². The van der Waals surface area contributed by atoms with E-state index in [2.05, 4.69) is 28.3 Å². The van der Waals surface area contributed by atoms with Gasteiger partial charge in [-0.3, -0.25) is 0 Å². The standard InChI is InChI=1S/C12H16N4/c1-2-10(7-9-3-4-9)16-12-11(8-13)14-5-6-15-12/h5-6,9-10H,2-4,7H2,1H3,(H,15,16). The molecule has 1 saturated carbocycles. The molecule has 1 heterocycles. The summed E-state index contributed by atoms with van der Waals surface area (Å²) < 4.78 is 0. The lowest BCUT2D eigenvalue weighted by Crippen LogP contribution is -2.20. The van der Waals surface area contributed by atoms with Crippen molar-refractivity contribution in [3.05, 3.63) is 18.1 Å². The van der Waals surface area contributed by atoms with Gasteiger partial charge < -0.3 is 5.32 Å². The van der Waals surface area contributed by atoms with Crippen LogP contribution in [0.4, 0.5) is 5.82 Å². The van der Waals surface area contributed by atoms with Gasteiger partial charge in [-0.2, -0.15) is 5.26 Å². The van der Waals surface area contributed by atoms with Crippen LogP contribution in [0.2, 0.25) is 0 Å². The Bertz CT molecular complexity index is 392. The fourth-order valence-corrected chi connectivity index (χ4v) is 1.80. The van der Waals surface area contributed by atoms with Crippen molar-refractivity contribution in [2.45, 2.75) is 38.6 Å². The summed E-state index contributed by atoms with van der Waals surface area (Å²) in [6.45, 7) is 2.16. The molecule has 0 radical (unpaired) electrons. The van der Waals surface area contributed by atoms with Gasteiger partial charge in [0.05, 0.1) is 0 Å². The van der Waals surface area contributed by atoms with E-state index in [4.69, 9.17) is 5.26 Å². The lowest BCUT2D eigenvalue weighted by atomic mass is 10.1. The van der Waals surface area contributed by atoms with Crippen LogP contribution >= 0.6 is 0 Å². The van der Waals surface area contributed by atoms with Gasteiger partial charge in [0.15, 0.2) is 11.5 Å². The molecule has 1 N–H and O–H groups in total. The highest BCUT2D eigenvalue weighted by Crippen LogP contribution is 2.34. The first kappa shape index (κ1) is 10.9. The van der Waals surface area contributed by atoms with Gasteiger partial charge >= 0.3 is 0 Å². The van der Waals surface area contributed by atoms with Gasteiger partial charge in [0.25, 0.3) is 0 Å². The highest BCUT2D eigenvalue weighted by molar-refractivity contribution is 5.47. The molecule has 1 aliphatic rings. The third kappa shape index (κ3) is 2.69. The summed E-state index contributed by atoms with van der Waals surface area (Å²) >= 11 is 0. The predicted octanol–water partition coefficient (Wildman–Crippen LogP) is 2.34. The van der Waals surface area contributed by atoms with Crippen LogP contribution in [0.1, 0.15) is 38.3 Å². The van der Waals surface area contributed by atoms with Gasteiger partial charge in [-0.25, -0.2) is 9.97 Å². The Morgan fingerprint density at radius 3 is 2.88 bits per heavy atom. The molecule has 84 valence electrons. The van der Waals surface area contributed by atoms with Crippen LogP contribution in [0, 0.1) is 17.2 Å². The number of nitrogens with one attached hydrogen (secondary N) is 1. The van der Waals surface area contributed by atoms with Crippen molar-refractivity contribution in [3.63, 3.8) is 0 Å². The molecule has 1 atom stereocenters. The number of rotatable bonds is 5. The molecule has 2 rings (SSSR count). The summed E-state index contributed by atoms with van der Waals surface area (Å²) in [4.78, 5) is 8.16. The summed E-state index contributed by atoms with van der Waals surface area (Å²) in [6.07, 6.45) is 8.10. The monoisotopic (exact) mass is 216 g/mol. The van der Waals surface area contributed by atoms with Crippen molar-refractivity contribution in [1.29, 1.82) is 5.26 Å². The van der Waals surface area contributed by atoms with Crippen LogP contribution in [0.25, 0.3) is 0 Å². The SMILES string of the molecule is CCC(CC1CC1)Nc1nccnc1C#N. The fraction of sp³-hybridized carbons (Fsp3) is 0.583. The largest absolute Gasteiger partial charge is 0.365 e. The number of hydrogen-bond donors (Lipinski definition) is 1. The first-order chi connectivity index (χ1) is 7.83. The fourth-order valence-electron chi connectivity index (χ4n) is 1.80. The molecule has 1 unspecified atom stereocenters. The summed E-state index contributed by atoms with van der Waals surface area (Å²) in [5.74, 6) is 1.50. The van der Waals surface area contributed by atoms with Crippen molar-refractivity contribution < 1.29 is 0 Å². The van der Waals surface area contributed by atoms with Gasteiger partial charge in [0, 0.05) is 18.4 Å². The molecule has 0 amide bonds. The smallest absolute Gasteiger partial charge is 0.182 e. The molecule has 0 aliphatic heterocycles. The minimum Gasteiger partial charge on any atom is -0.365 e. The van der Waals surface area contributed by atoms with E-state index in [-0.39, 0.29) is 0 Å². The molecule has 4 nitrogen and oxygen atoms in total. The van der Waals surface area contributed by atoms with E-state index in [1.165, 1.54) is 19.3 Å². The summed E-state index contributed by atoms with van der Waals surface area (Å²) in [7, 11) is 0. The zero-order valence-corrected chi connectivity index (χ0v) is 9.48. The third-order valence-electron chi connectivity index (χ3n) is 2.95. The topological polar surface area (TPSA) is 61.6 Å². The van der Waals surface area contributed by atoms with Gasteiger partial charge in [0.1, 0.15) is 6.07 Å². The number of hydrogen-bond acceptors (Lipinski definition) is 4. The minimum absolute atomic E-state index is 0.386. The van der Waals surface area contributed by atoms with Crippen LogP contribution < -0.4 is 5.32 Å². The Balaban J connectivity index is 2.02. The average molecular weight is 216 g/mol. The Morgan fingerprint density at radius 2 is 2.25 bits per heavy atom. The Hall–Kier alpha value is -1.63. The number of nitrogens with zero attached hydrogens (tertiary/aromatic N) is 3. The minimum atomic E-state index is 0.386. The maximum atomic E-state index is 8.91. The van der Waals surface area contributed by atoms with Crippen LogP contribution in [-0.2, 0) is 0 Å². The Morgan fingerprint density at radius 1 is 1.50 bits per heavy atom. The first-order valence-electron chi connectivity index (χ1n) is 5.81. The molecule has 1 fully saturated rings. The molecule has 0 saturated heterocycles. The maximum absolute atomic E-state index is 8.91. The molecule has 0 bridgehead atoms. The third-order valence-corrected chi connectivity index (χ3v) is 2.95.